The summed E-state index contributed by atoms with van der Waals surface area (Å²) < 4.78 is 0. The second-order valence-electron chi connectivity index (χ2n) is 7.97. The lowest BCUT2D eigenvalue weighted by Gasteiger charge is -2.37. The zero-order chi connectivity index (χ0) is 17.9. The number of carbonyl (C=O) groups is 1. The van der Waals surface area contributed by atoms with Gasteiger partial charge in [0.15, 0.2) is 0 Å². The molecule has 136 valence electrons. The molecule has 0 N–H and O–H groups in total. The molecular formula is C23H28N2O. The third-order valence-electron chi connectivity index (χ3n) is 5.90. The van der Waals surface area contributed by atoms with Crippen molar-refractivity contribution in [2.24, 2.45) is 5.92 Å². The molecule has 2 fully saturated rings. The molecule has 2 aromatic rings. The zero-order valence-electron chi connectivity index (χ0n) is 15.7. The van der Waals surface area contributed by atoms with E-state index in [2.05, 4.69) is 54.3 Å². The van der Waals surface area contributed by atoms with Crippen molar-refractivity contribution in [2.75, 3.05) is 13.1 Å². The first-order valence-corrected chi connectivity index (χ1v) is 9.99. The summed E-state index contributed by atoms with van der Waals surface area (Å²) in [4.78, 5) is 19.7. The van der Waals surface area contributed by atoms with Crippen molar-refractivity contribution >= 4 is 5.91 Å². The monoisotopic (exact) mass is 348 g/mol. The SMILES string of the molecule is Cc1cccc(Cc2cccc([C@@H]3CCCN(C(=O)C4CCC4)C3)n2)c1. The third kappa shape index (κ3) is 3.82. The summed E-state index contributed by atoms with van der Waals surface area (Å²) in [7, 11) is 0. The van der Waals surface area contributed by atoms with Crippen LogP contribution in [0.2, 0.25) is 0 Å². The molecule has 1 aromatic heterocycles. The summed E-state index contributed by atoms with van der Waals surface area (Å²) >= 11 is 0. The van der Waals surface area contributed by atoms with E-state index in [4.69, 9.17) is 4.98 Å². The standard InChI is InChI=1S/C23H28N2O/c1-17-6-2-7-18(14-17)15-21-11-4-12-22(24-21)20-10-5-13-25(16-20)23(26)19-8-3-9-19/h2,4,6-7,11-12,14,19-20H,3,5,8-10,13,15-16H2,1H3/t20-/m1/s1. The summed E-state index contributed by atoms with van der Waals surface area (Å²) in [6.45, 7) is 3.90. The number of hydrogen-bond acceptors (Lipinski definition) is 2. The molecule has 4 rings (SSSR count). The average molecular weight is 348 g/mol. The quantitative estimate of drug-likeness (QED) is 0.816. The fourth-order valence-corrected chi connectivity index (χ4v) is 4.19. The molecule has 1 saturated carbocycles. The van der Waals surface area contributed by atoms with Gasteiger partial charge in [0.1, 0.15) is 0 Å². The number of aromatic nitrogens is 1. The summed E-state index contributed by atoms with van der Waals surface area (Å²) in [6.07, 6.45) is 6.49. The second kappa shape index (κ2) is 7.61. The summed E-state index contributed by atoms with van der Waals surface area (Å²) in [5, 5.41) is 0. The number of carbonyl (C=O) groups excluding carboxylic acids is 1. The van der Waals surface area contributed by atoms with Gasteiger partial charge >= 0.3 is 0 Å². The van der Waals surface area contributed by atoms with Gasteiger partial charge in [0.05, 0.1) is 0 Å². The Labute approximate surface area is 156 Å². The number of piperidine rings is 1. The molecule has 1 aromatic carbocycles. The number of hydrogen-bond donors (Lipinski definition) is 0. The molecule has 1 aliphatic heterocycles. The van der Waals surface area contributed by atoms with Gasteiger partial charge in [0.25, 0.3) is 0 Å². The van der Waals surface area contributed by atoms with Crippen LogP contribution in [-0.4, -0.2) is 28.9 Å². The molecule has 0 radical (unpaired) electrons. The summed E-state index contributed by atoms with van der Waals surface area (Å²) in [5.74, 6) is 1.07. The van der Waals surface area contributed by atoms with Crippen molar-refractivity contribution in [3.63, 3.8) is 0 Å². The fraction of sp³-hybridized carbons (Fsp3) is 0.478. The van der Waals surface area contributed by atoms with Crippen molar-refractivity contribution in [3.05, 3.63) is 65.0 Å². The van der Waals surface area contributed by atoms with Gasteiger partial charge in [-0.1, -0.05) is 42.3 Å². The van der Waals surface area contributed by atoms with Gasteiger partial charge in [0.2, 0.25) is 5.91 Å². The molecule has 3 heteroatoms. The third-order valence-corrected chi connectivity index (χ3v) is 5.90. The smallest absolute Gasteiger partial charge is 0.225 e. The van der Waals surface area contributed by atoms with Crippen LogP contribution in [0.15, 0.2) is 42.5 Å². The van der Waals surface area contributed by atoms with Crippen LogP contribution in [0.4, 0.5) is 0 Å². The molecule has 2 heterocycles. The van der Waals surface area contributed by atoms with Crippen LogP contribution in [0, 0.1) is 12.8 Å². The second-order valence-corrected chi connectivity index (χ2v) is 7.97. The Morgan fingerprint density at radius 1 is 1.12 bits per heavy atom. The topological polar surface area (TPSA) is 33.2 Å². The number of likely N-dealkylation sites (tertiary alicyclic amines) is 1. The lowest BCUT2D eigenvalue weighted by Crippen LogP contribution is -2.44. The Bertz CT molecular complexity index is 781. The molecular weight excluding hydrogens is 320 g/mol. The molecule has 0 bridgehead atoms. The normalized spacial score (nSPS) is 20.7. The Hall–Kier alpha value is -2.16. The maximum atomic E-state index is 12.6. The Morgan fingerprint density at radius 3 is 2.73 bits per heavy atom. The van der Waals surface area contributed by atoms with Gasteiger partial charge in [-0.3, -0.25) is 9.78 Å². The van der Waals surface area contributed by atoms with Crippen LogP contribution in [0.5, 0.6) is 0 Å². The van der Waals surface area contributed by atoms with E-state index in [1.807, 2.05) is 0 Å². The Kier molecular flexibility index (Phi) is 5.05. The first kappa shape index (κ1) is 17.3. The van der Waals surface area contributed by atoms with Gasteiger partial charge in [-0.05, 0) is 50.3 Å². The first-order chi connectivity index (χ1) is 12.7. The molecule has 1 aliphatic carbocycles. The first-order valence-electron chi connectivity index (χ1n) is 9.99. The lowest BCUT2D eigenvalue weighted by molar-refractivity contribution is -0.139. The van der Waals surface area contributed by atoms with E-state index in [1.165, 1.54) is 17.5 Å². The van der Waals surface area contributed by atoms with Crippen LogP contribution >= 0.6 is 0 Å². The summed E-state index contributed by atoms with van der Waals surface area (Å²) in [5.41, 5.74) is 4.87. The molecule has 3 nitrogen and oxygen atoms in total. The maximum absolute atomic E-state index is 12.6. The number of amides is 1. The molecule has 2 aliphatic rings. The van der Waals surface area contributed by atoms with E-state index < -0.39 is 0 Å². The predicted octanol–water partition coefficient (Wildman–Crippen LogP) is 4.49. The van der Waals surface area contributed by atoms with Crippen molar-refractivity contribution in [1.82, 2.24) is 9.88 Å². The van der Waals surface area contributed by atoms with Gasteiger partial charge in [-0.2, -0.15) is 0 Å². The molecule has 0 spiro atoms. The molecule has 26 heavy (non-hydrogen) atoms. The number of aryl methyl sites for hydroxylation is 1. The predicted molar refractivity (Wildman–Crippen MR) is 104 cm³/mol. The Morgan fingerprint density at radius 2 is 1.96 bits per heavy atom. The number of nitrogens with zero attached hydrogens (tertiary/aromatic N) is 2. The van der Waals surface area contributed by atoms with E-state index in [0.29, 0.717) is 17.7 Å². The highest BCUT2D eigenvalue weighted by molar-refractivity contribution is 5.79. The largest absolute Gasteiger partial charge is 0.342 e. The highest BCUT2D eigenvalue weighted by atomic mass is 16.2. The number of benzene rings is 1. The van der Waals surface area contributed by atoms with E-state index in [-0.39, 0.29) is 0 Å². The van der Waals surface area contributed by atoms with Gasteiger partial charge in [-0.15, -0.1) is 0 Å². The van der Waals surface area contributed by atoms with Gasteiger partial charge < -0.3 is 4.90 Å². The van der Waals surface area contributed by atoms with E-state index in [0.717, 1.165) is 56.6 Å². The van der Waals surface area contributed by atoms with E-state index in [9.17, 15) is 4.79 Å². The maximum Gasteiger partial charge on any atom is 0.225 e. The number of rotatable bonds is 4. The van der Waals surface area contributed by atoms with Crippen LogP contribution in [0.1, 0.15) is 60.5 Å². The van der Waals surface area contributed by atoms with Crippen LogP contribution in [0.3, 0.4) is 0 Å². The van der Waals surface area contributed by atoms with Crippen molar-refractivity contribution in [3.8, 4) is 0 Å². The van der Waals surface area contributed by atoms with Gasteiger partial charge in [-0.25, -0.2) is 0 Å². The lowest BCUT2D eigenvalue weighted by atomic mass is 9.83. The van der Waals surface area contributed by atoms with Crippen LogP contribution in [0.25, 0.3) is 0 Å². The number of pyridine rings is 1. The highest BCUT2D eigenvalue weighted by Gasteiger charge is 2.32. The van der Waals surface area contributed by atoms with Crippen molar-refractivity contribution < 1.29 is 4.79 Å². The average Bonchev–Trinajstić information content (AvgIpc) is 2.61. The molecule has 1 amide bonds. The van der Waals surface area contributed by atoms with E-state index >= 15 is 0 Å². The van der Waals surface area contributed by atoms with Crippen LogP contribution in [-0.2, 0) is 11.2 Å². The summed E-state index contributed by atoms with van der Waals surface area (Å²) in [6, 6.07) is 15.0. The minimum absolute atomic E-state index is 0.300. The zero-order valence-corrected chi connectivity index (χ0v) is 15.7. The van der Waals surface area contributed by atoms with Gasteiger partial charge in [0, 0.05) is 42.7 Å². The minimum atomic E-state index is 0.300. The Balaban J connectivity index is 1.46. The van der Waals surface area contributed by atoms with E-state index in [1.54, 1.807) is 0 Å². The van der Waals surface area contributed by atoms with Crippen LogP contribution < -0.4 is 0 Å². The fourth-order valence-electron chi connectivity index (χ4n) is 4.19. The van der Waals surface area contributed by atoms with Crippen molar-refractivity contribution in [1.29, 1.82) is 0 Å². The minimum Gasteiger partial charge on any atom is -0.342 e. The van der Waals surface area contributed by atoms with Crippen molar-refractivity contribution in [2.45, 2.75) is 51.4 Å². The molecule has 1 saturated heterocycles. The highest BCUT2D eigenvalue weighted by Crippen LogP contribution is 2.32. The molecule has 1 atom stereocenters. The molecule has 0 unspecified atom stereocenters.